The van der Waals surface area contributed by atoms with E-state index in [1.165, 1.54) is 6.07 Å². The minimum atomic E-state index is -0.379. The summed E-state index contributed by atoms with van der Waals surface area (Å²) in [5.74, 6) is 0.987. The zero-order valence-corrected chi connectivity index (χ0v) is 17.5. The van der Waals surface area contributed by atoms with Gasteiger partial charge in [-0.25, -0.2) is 4.98 Å². The van der Waals surface area contributed by atoms with Crippen LogP contribution >= 0.6 is 35.3 Å². The van der Waals surface area contributed by atoms with Crippen LogP contribution in [0.3, 0.4) is 0 Å². The van der Waals surface area contributed by atoms with Crippen molar-refractivity contribution < 1.29 is 4.92 Å². The molecule has 0 radical (unpaired) electrons. The van der Waals surface area contributed by atoms with E-state index in [4.69, 9.17) is 0 Å². The molecule has 9 heteroatoms. The van der Waals surface area contributed by atoms with Gasteiger partial charge in [-0.05, 0) is 5.92 Å². The normalized spacial score (nSPS) is 11.1. The molecule has 2 aromatic rings. The molecule has 0 bridgehead atoms. The molecule has 0 unspecified atom stereocenters. The summed E-state index contributed by atoms with van der Waals surface area (Å²) in [5, 5.41) is 20.3. The van der Waals surface area contributed by atoms with Gasteiger partial charge >= 0.3 is 0 Å². The Bertz CT molecular complexity index is 733. The Hall–Kier alpha value is -1.75. The maximum absolute atomic E-state index is 11.0. The number of nitrogens with zero attached hydrogens (tertiary/aromatic N) is 3. The largest absolute Gasteiger partial charge is 0.352 e. The van der Waals surface area contributed by atoms with E-state index >= 15 is 0 Å². The summed E-state index contributed by atoms with van der Waals surface area (Å²) in [6.45, 7) is 5.11. The predicted molar refractivity (Wildman–Crippen MR) is 112 cm³/mol. The first kappa shape index (κ1) is 21.3. The van der Waals surface area contributed by atoms with Crippen molar-refractivity contribution in [1.82, 2.24) is 15.6 Å². The number of rotatable bonds is 6. The van der Waals surface area contributed by atoms with Crippen LogP contribution in [0, 0.1) is 10.1 Å². The van der Waals surface area contributed by atoms with E-state index in [1.54, 1.807) is 36.6 Å². The van der Waals surface area contributed by atoms with Crippen LogP contribution in [0.1, 0.15) is 36.0 Å². The Morgan fingerprint density at radius 1 is 1.32 bits per heavy atom. The van der Waals surface area contributed by atoms with Crippen molar-refractivity contribution in [3.63, 3.8) is 0 Å². The Morgan fingerprint density at radius 3 is 2.60 bits per heavy atom. The molecule has 0 aliphatic rings. The molecule has 7 nitrogen and oxygen atoms in total. The number of aliphatic imine (C=N–C) groups is 1. The molecule has 1 heterocycles. The van der Waals surface area contributed by atoms with E-state index in [1.807, 2.05) is 0 Å². The Kier molecular flexibility index (Phi) is 8.76. The molecule has 1 aromatic carbocycles. The lowest BCUT2D eigenvalue weighted by molar-refractivity contribution is -0.385. The highest BCUT2D eigenvalue weighted by molar-refractivity contribution is 14.0. The van der Waals surface area contributed by atoms with Crippen molar-refractivity contribution in [3.05, 3.63) is 56.0 Å². The van der Waals surface area contributed by atoms with Gasteiger partial charge in [-0.2, -0.15) is 0 Å². The number of nitrogens with one attached hydrogen (secondary N) is 2. The first-order valence-corrected chi connectivity index (χ1v) is 8.50. The van der Waals surface area contributed by atoms with Crippen LogP contribution in [0.15, 0.2) is 34.6 Å². The van der Waals surface area contributed by atoms with Gasteiger partial charge in [-0.3, -0.25) is 15.1 Å². The van der Waals surface area contributed by atoms with E-state index in [2.05, 4.69) is 39.8 Å². The predicted octanol–water partition coefficient (Wildman–Crippen LogP) is 3.66. The molecule has 0 aliphatic heterocycles. The summed E-state index contributed by atoms with van der Waals surface area (Å²) in [5.41, 5.74) is 1.79. The molecule has 0 saturated heterocycles. The molecule has 1 aromatic heterocycles. The van der Waals surface area contributed by atoms with Crippen LogP contribution in [0.4, 0.5) is 5.69 Å². The molecule has 0 fully saturated rings. The number of nitro groups is 1. The lowest BCUT2D eigenvalue weighted by atomic mass is 10.2. The second-order valence-corrected chi connectivity index (χ2v) is 6.43. The van der Waals surface area contributed by atoms with Crippen LogP contribution in [0.5, 0.6) is 0 Å². The minimum Gasteiger partial charge on any atom is -0.352 e. The summed E-state index contributed by atoms with van der Waals surface area (Å²) in [7, 11) is 1.66. The van der Waals surface area contributed by atoms with E-state index in [0.29, 0.717) is 30.5 Å². The Morgan fingerprint density at radius 2 is 2.00 bits per heavy atom. The number of aromatic nitrogens is 1. The molecule has 0 aliphatic carbocycles. The van der Waals surface area contributed by atoms with Gasteiger partial charge in [-0.15, -0.1) is 35.3 Å². The molecule has 2 rings (SSSR count). The highest BCUT2D eigenvalue weighted by Gasteiger charge is 2.12. The number of nitro benzene ring substituents is 1. The Labute approximate surface area is 168 Å². The van der Waals surface area contributed by atoms with E-state index in [9.17, 15) is 10.1 Å². The topological polar surface area (TPSA) is 92.5 Å². The summed E-state index contributed by atoms with van der Waals surface area (Å²) >= 11 is 1.61. The van der Waals surface area contributed by atoms with E-state index in [-0.39, 0.29) is 34.6 Å². The van der Waals surface area contributed by atoms with Gasteiger partial charge in [0.15, 0.2) is 5.96 Å². The van der Waals surface area contributed by atoms with Gasteiger partial charge in [0.1, 0.15) is 5.01 Å². The molecule has 25 heavy (non-hydrogen) atoms. The quantitative estimate of drug-likeness (QED) is 0.219. The standard InChI is InChI=1S/C16H21N5O2S.HI/c1-11(2)13-10-24-15(20-13)9-19-16(17-3)18-8-12-6-4-5-7-14(12)21(22)23;/h4-7,10-11H,8-9H2,1-3H3,(H2,17,18,19);1H. The molecular weight excluding hydrogens is 453 g/mol. The first-order valence-electron chi connectivity index (χ1n) is 7.62. The van der Waals surface area contributed by atoms with Gasteiger partial charge < -0.3 is 10.6 Å². The van der Waals surface area contributed by atoms with Crippen LogP contribution in [0.25, 0.3) is 0 Å². The fourth-order valence-corrected chi connectivity index (χ4v) is 2.96. The lowest BCUT2D eigenvalue weighted by Crippen LogP contribution is -2.36. The monoisotopic (exact) mass is 475 g/mol. The summed E-state index contributed by atoms with van der Waals surface area (Å²) in [6, 6.07) is 6.66. The van der Waals surface area contributed by atoms with Crippen molar-refractivity contribution >= 4 is 47.0 Å². The fraction of sp³-hybridized carbons (Fsp3) is 0.375. The number of halogens is 1. The summed E-state index contributed by atoms with van der Waals surface area (Å²) in [6.07, 6.45) is 0. The third kappa shape index (κ3) is 6.24. The summed E-state index contributed by atoms with van der Waals surface area (Å²) in [4.78, 5) is 19.3. The van der Waals surface area contributed by atoms with Gasteiger partial charge in [0.2, 0.25) is 0 Å². The van der Waals surface area contributed by atoms with E-state index < -0.39 is 0 Å². The van der Waals surface area contributed by atoms with Crippen molar-refractivity contribution in [1.29, 1.82) is 0 Å². The zero-order chi connectivity index (χ0) is 17.5. The average Bonchev–Trinajstić information content (AvgIpc) is 3.04. The number of para-hydroxylation sites is 1. The number of guanidine groups is 1. The van der Waals surface area contributed by atoms with E-state index in [0.717, 1.165) is 10.7 Å². The van der Waals surface area contributed by atoms with Crippen LogP contribution in [-0.2, 0) is 13.1 Å². The second-order valence-electron chi connectivity index (χ2n) is 5.49. The molecule has 0 amide bonds. The van der Waals surface area contributed by atoms with Gasteiger partial charge in [0.05, 0.1) is 17.2 Å². The number of benzene rings is 1. The molecule has 0 spiro atoms. The van der Waals surface area contributed by atoms with Crippen molar-refractivity contribution in [2.45, 2.75) is 32.9 Å². The van der Waals surface area contributed by atoms with Gasteiger partial charge in [0.25, 0.3) is 5.69 Å². The molecular formula is C16H22IN5O2S. The highest BCUT2D eigenvalue weighted by atomic mass is 127. The molecule has 0 saturated carbocycles. The highest BCUT2D eigenvalue weighted by Crippen LogP contribution is 2.18. The minimum absolute atomic E-state index is 0. The maximum atomic E-state index is 11.0. The lowest BCUT2D eigenvalue weighted by Gasteiger charge is -2.11. The third-order valence-corrected chi connectivity index (χ3v) is 4.29. The second kappa shape index (κ2) is 10.3. The number of hydrogen-bond acceptors (Lipinski definition) is 5. The number of hydrogen-bond donors (Lipinski definition) is 2. The van der Waals surface area contributed by atoms with Crippen molar-refractivity contribution in [2.24, 2.45) is 4.99 Å². The zero-order valence-electron chi connectivity index (χ0n) is 14.4. The SMILES string of the molecule is CN=C(NCc1nc(C(C)C)cs1)NCc1ccccc1[N+](=O)[O-].I. The Balaban J connectivity index is 0.00000312. The average molecular weight is 475 g/mol. The van der Waals surface area contributed by atoms with Crippen LogP contribution < -0.4 is 10.6 Å². The summed E-state index contributed by atoms with van der Waals surface area (Å²) < 4.78 is 0. The van der Waals surface area contributed by atoms with Crippen molar-refractivity contribution in [2.75, 3.05) is 7.05 Å². The van der Waals surface area contributed by atoms with Crippen LogP contribution in [-0.4, -0.2) is 22.9 Å². The third-order valence-electron chi connectivity index (χ3n) is 3.43. The molecule has 0 atom stereocenters. The van der Waals surface area contributed by atoms with Crippen molar-refractivity contribution in [3.8, 4) is 0 Å². The van der Waals surface area contributed by atoms with Gasteiger partial charge in [-0.1, -0.05) is 32.0 Å². The maximum Gasteiger partial charge on any atom is 0.274 e. The molecule has 2 N–H and O–H groups in total. The van der Waals surface area contributed by atoms with Gasteiger partial charge in [0, 0.05) is 30.6 Å². The smallest absolute Gasteiger partial charge is 0.274 e. The number of thiazole rings is 1. The first-order chi connectivity index (χ1) is 11.5. The molecule has 136 valence electrons. The van der Waals surface area contributed by atoms with Crippen LogP contribution in [0.2, 0.25) is 0 Å². The fourth-order valence-electron chi connectivity index (χ4n) is 2.07.